The molecule has 4 aromatic rings. The summed E-state index contributed by atoms with van der Waals surface area (Å²) in [6.45, 7) is 0. The summed E-state index contributed by atoms with van der Waals surface area (Å²) >= 11 is 7.67. The number of nitrogens with one attached hydrogen (secondary N) is 2. The molecule has 8 nitrogen and oxygen atoms in total. The number of carbonyl (C=O) groups is 2. The zero-order valence-corrected chi connectivity index (χ0v) is 22.0. The normalized spacial score (nSPS) is 15.4. The largest absolute Gasteiger partial charge is 0.456 e. The van der Waals surface area contributed by atoms with E-state index in [0.29, 0.717) is 20.9 Å². The number of halogens is 2. The lowest BCUT2D eigenvalue weighted by Crippen LogP contribution is -2.21. The molecule has 2 fully saturated rings. The lowest BCUT2D eigenvalue weighted by Gasteiger charge is -2.15. The number of nitrogens with zero attached hydrogens (tertiary/aromatic N) is 2. The summed E-state index contributed by atoms with van der Waals surface area (Å²) in [5.74, 6) is -0.885. The van der Waals surface area contributed by atoms with E-state index in [2.05, 4.69) is 21.7 Å². The number of fused-ring (bicyclic) bond motifs is 1. The quantitative estimate of drug-likeness (QED) is 0.243. The summed E-state index contributed by atoms with van der Waals surface area (Å²) in [7, 11) is 0. The molecule has 0 atom stereocenters. The fourth-order valence-electron chi connectivity index (χ4n) is 4.25. The number of rotatable bonds is 7. The smallest absolute Gasteiger partial charge is 0.257 e. The molecule has 0 saturated heterocycles. The number of amides is 2. The van der Waals surface area contributed by atoms with Gasteiger partial charge in [0, 0.05) is 17.5 Å². The predicted octanol–water partition coefficient (Wildman–Crippen LogP) is 6.30. The lowest BCUT2D eigenvalue weighted by molar-refractivity contribution is -0.117. The van der Waals surface area contributed by atoms with Crippen LogP contribution < -0.4 is 21.1 Å². The molecule has 4 N–H and O–H groups in total. The van der Waals surface area contributed by atoms with Crippen LogP contribution in [0.1, 0.15) is 47.2 Å². The van der Waals surface area contributed by atoms with Gasteiger partial charge in [0.15, 0.2) is 5.13 Å². The Balaban J connectivity index is 1.24. The number of nitrogens with two attached hydrogens (primary N) is 1. The summed E-state index contributed by atoms with van der Waals surface area (Å²) in [4.78, 5) is 29.5. The first-order valence-electron chi connectivity index (χ1n) is 12.3. The lowest BCUT2D eigenvalue weighted by atomic mass is 10.0. The van der Waals surface area contributed by atoms with Gasteiger partial charge in [0.05, 0.1) is 26.5 Å². The third-order valence-electron chi connectivity index (χ3n) is 6.79. The van der Waals surface area contributed by atoms with Crippen molar-refractivity contribution in [1.82, 2.24) is 4.98 Å². The maximum Gasteiger partial charge on any atom is 0.257 e. The summed E-state index contributed by atoms with van der Waals surface area (Å²) in [5, 5.41) is 15.9. The highest BCUT2D eigenvalue weighted by Gasteiger charge is 2.42. The molecule has 0 unspecified atom stereocenters. The second-order valence-electron chi connectivity index (χ2n) is 9.70. The first kappa shape index (κ1) is 25.2. The molecule has 2 amide bonds. The molecule has 39 heavy (non-hydrogen) atoms. The van der Waals surface area contributed by atoms with Crippen LogP contribution in [0, 0.1) is 23.1 Å². The summed E-state index contributed by atoms with van der Waals surface area (Å²) in [5.41, 5.74) is 7.26. The zero-order chi connectivity index (χ0) is 27.3. The van der Waals surface area contributed by atoms with Crippen LogP contribution in [0.5, 0.6) is 11.5 Å². The van der Waals surface area contributed by atoms with Gasteiger partial charge >= 0.3 is 0 Å². The molecule has 0 radical (unpaired) electrons. The molecule has 0 aliphatic heterocycles. The van der Waals surface area contributed by atoms with Gasteiger partial charge in [-0.2, -0.15) is 5.26 Å². The van der Waals surface area contributed by atoms with Crippen LogP contribution in [0.15, 0.2) is 48.5 Å². The number of anilines is 2. The molecule has 2 aliphatic carbocycles. The monoisotopic (exact) mass is 561 g/mol. The van der Waals surface area contributed by atoms with E-state index < -0.39 is 17.3 Å². The van der Waals surface area contributed by atoms with Crippen molar-refractivity contribution >= 4 is 55.8 Å². The highest BCUT2D eigenvalue weighted by Crippen LogP contribution is 2.46. The third kappa shape index (κ3) is 4.92. The maximum absolute atomic E-state index is 14.7. The Morgan fingerprint density at radius 1 is 1.18 bits per heavy atom. The van der Waals surface area contributed by atoms with Crippen molar-refractivity contribution in [1.29, 1.82) is 5.26 Å². The number of ether oxygens (including phenoxy) is 1. The Hall–Kier alpha value is -4.04. The summed E-state index contributed by atoms with van der Waals surface area (Å²) in [6.07, 6.45) is 3.29. The number of hydrogen-bond donors (Lipinski definition) is 3. The first-order valence-corrected chi connectivity index (χ1v) is 13.5. The number of carbonyl (C=O) groups excluding carboxylic acids is 2. The Morgan fingerprint density at radius 3 is 2.69 bits per heavy atom. The van der Waals surface area contributed by atoms with Gasteiger partial charge < -0.3 is 21.1 Å². The van der Waals surface area contributed by atoms with E-state index >= 15 is 0 Å². The maximum atomic E-state index is 14.7. The number of benzene rings is 3. The number of aromatic nitrogens is 1. The van der Waals surface area contributed by atoms with Gasteiger partial charge in [-0.15, -0.1) is 0 Å². The van der Waals surface area contributed by atoms with Crippen molar-refractivity contribution in [3.8, 4) is 17.6 Å². The number of hydrogen-bond acceptors (Lipinski definition) is 7. The highest BCUT2D eigenvalue weighted by atomic mass is 35.5. The molecular formula is C28H21ClFN5O3S. The molecule has 1 heterocycles. The average Bonchev–Trinajstić information content (AvgIpc) is 3.84. The standard InChI is InChI=1S/C28H21ClFN5O3S/c29-23-16(2-1-3-18(23)28(32)10-11-28)26(37)33-21-12-15(6-7-19(21)30)38-22-9-8-20-24(17(22)13-31)39-27(34-20)35-25(36)14-4-5-14/h1-3,6-9,12,14H,4-5,10-11,32H2,(H,33,37)(H,34,35,36). The van der Waals surface area contributed by atoms with E-state index in [0.717, 1.165) is 31.7 Å². The van der Waals surface area contributed by atoms with Crippen LogP contribution in [-0.2, 0) is 10.3 Å². The van der Waals surface area contributed by atoms with Crippen LogP contribution in [0.4, 0.5) is 15.2 Å². The van der Waals surface area contributed by atoms with Crippen LogP contribution in [0.3, 0.4) is 0 Å². The van der Waals surface area contributed by atoms with Gasteiger partial charge in [-0.3, -0.25) is 9.59 Å². The van der Waals surface area contributed by atoms with Crippen LogP contribution in [0.2, 0.25) is 5.02 Å². The van der Waals surface area contributed by atoms with Crippen molar-refractivity contribution in [3.63, 3.8) is 0 Å². The predicted molar refractivity (Wildman–Crippen MR) is 147 cm³/mol. The average molecular weight is 562 g/mol. The second kappa shape index (κ2) is 9.61. The Kier molecular flexibility index (Phi) is 6.22. The molecule has 0 bridgehead atoms. The van der Waals surface area contributed by atoms with Gasteiger partial charge in [0.25, 0.3) is 5.91 Å². The fraction of sp³-hybridized carbons (Fsp3) is 0.214. The molecule has 196 valence electrons. The number of thiazole rings is 1. The molecule has 2 aliphatic rings. The third-order valence-corrected chi connectivity index (χ3v) is 8.20. The Bertz CT molecular complexity index is 1710. The molecule has 6 rings (SSSR count). The van der Waals surface area contributed by atoms with E-state index in [1.165, 1.54) is 23.5 Å². The molecule has 0 spiro atoms. The molecule has 1 aromatic heterocycles. The molecule has 11 heteroatoms. The fourth-order valence-corrected chi connectivity index (χ4v) is 5.60. The van der Waals surface area contributed by atoms with Gasteiger partial charge in [-0.1, -0.05) is 35.1 Å². The van der Waals surface area contributed by atoms with E-state index in [1.54, 1.807) is 30.3 Å². The van der Waals surface area contributed by atoms with Crippen molar-refractivity contribution in [3.05, 3.63) is 76.1 Å². The van der Waals surface area contributed by atoms with Crippen molar-refractivity contribution in [2.45, 2.75) is 31.2 Å². The van der Waals surface area contributed by atoms with E-state index in [4.69, 9.17) is 22.1 Å². The zero-order valence-electron chi connectivity index (χ0n) is 20.4. The van der Waals surface area contributed by atoms with E-state index in [9.17, 15) is 19.2 Å². The number of nitriles is 1. The van der Waals surface area contributed by atoms with Crippen LogP contribution in [-0.4, -0.2) is 16.8 Å². The SMILES string of the molecule is N#Cc1c(Oc2ccc(F)c(NC(=O)c3cccc(C4(N)CC4)c3Cl)c2)ccc2nc(NC(=O)C3CC3)sc12. The summed E-state index contributed by atoms with van der Waals surface area (Å²) < 4.78 is 21.2. The van der Waals surface area contributed by atoms with Gasteiger partial charge in [0.1, 0.15) is 28.9 Å². The molecular weight excluding hydrogens is 541 g/mol. The Labute approximate surface area is 231 Å². The van der Waals surface area contributed by atoms with Crippen molar-refractivity contribution in [2.24, 2.45) is 11.7 Å². The van der Waals surface area contributed by atoms with E-state index in [1.807, 2.05) is 0 Å². The van der Waals surface area contributed by atoms with Gasteiger partial charge in [-0.25, -0.2) is 9.37 Å². The van der Waals surface area contributed by atoms with Gasteiger partial charge in [0.2, 0.25) is 5.91 Å². The second-order valence-corrected chi connectivity index (χ2v) is 11.1. The topological polar surface area (TPSA) is 130 Å². The van der Waals surface area contributed by atoms with Crippen LogP contribution in [0.25, 0.3) is 10.2 Å². The minimum absolute atomic E-state index is 0.0231. The van der Waals surface area contributed by atoms with Crippen LogP contribution >= 0.6 is 22.9 Å². The van der Waals surface area contributed by atoms with E-state index in [-0.39, 0.29) is 45.2 Å². The highest BCUT2D eigenvalue weighted by molar-refractivity contribution is 7.22. The first-order chi connectivity index (χ1) is 18.8. The van der Waals surface area contributed by atoms with Crippen molar-refractivity contribution < 1.29 is 18.7 Å². The molecule has 3 aromatic carbocycles. The Morgan fingerprint density at radius 2 is 1.97 bits per heavy atom. The van der Waals surface area contributed by atoms with Crippen molar-refractivity contribution in [2.75, 3.05) is 10.6 Å². The van der Waals surface area contributed by atoms with Gasteiger partial charge in [-0.05, 0) is 61.6 Å². The minimum Gasteiger partial charge on any atom is -0.456 e. The molecule has 2 saturated carbocycles. The summed E-state index contributed by atoms with van der Waals surface area (Å²) in [6, 6.07) is 14.3. The minimum atomic E-state index is -0.671.